The molecule has 0 fully saturated rings. The third-order valence-corrected chi connectivity index (χ3v) is 10.8. The topological polar surface area (TPSA) is 54.0 Å². The number of anilines is 1. The van der Waals surface area contributed by atoms with Crippen LogP contribution in [0.5, 0.6) is 0 Å². The second kappa shape index (κ2) is 12.0. The highest BCUT2D eigenvalue weighted by Gasteiger charge is 2.45. The van der Waals surface area contributed by atoms with Crippen LogP contribution in [-0.2, 0) is 0 Å². The minimum atomic E-state index is -2.14. The number of carbonyl (C=O) groups excluding carboxylic acids is 1. The average Bonchev–Trinajstić information content (AvgIpc) is 3.40. The average molecular weight is 530 g/mol. The van der Waals surface area contributed by atoms with Crippen LogP contribution in [0.4, 0.5) is 9.93 Å². The number of rotatable bonds is 7. The predicted octanol–water partition coefficient (Wildman–Crippen LogP) is 2.89. The van der Waals surface area contributed by atoms with Gasteiger partial charge in [0.15, 0.2) is 5.13 Å². The number of thiazole rings is 1. The Morgan fingerprint density at radius 2 is 1.14 bits per heavy atom. The fourth-order valence-corrected chi connectivity index (χ4v) is 8.75. The zero-order valence-corrected chi connectivity index (χ0v) is 21.9. The van der Waals surface area contributed by atoms with E-state index in [1.54, 1.807) is 0 Å². The maximum absolute atomic E-state index is 13.1. The van der Waals surface area contributed by atoms with E-state index in [2.05, 4.69) is 88.4 Å². The number of nitrogens with one attached hydrogen (secondary N) is 2. The number of urea groups is 1. The van der Waals surface area contributed by atoms with Crippen LogP contribution < -0.4 is 39.0 Å². The Kier molecular flexibility index (Phi) is 8.50. The standard InChI is InChI=1S/C29H24N3OPS.ClH/c33-28(32-29-31-27(21-35-29)23-13-5-1-6-14-23)30-22-34(24-15-7-2-8-16-24,25-17-9-3-10-18-25)26-19-11-4-12-20-26;/h1-21H,22H2,(H-,30,31,32,33);1H. The molecule has 4 nitrogen and oxygen atoms in total. The van der Waals surface area contributed by atoms with Gasteiger partial charge in [0.05, 0.1) is 5.69 Å². The van der Waals surface area contributed by atoms with Crippen molar-refractivity contribution in [3.63, 3.8) is 0 Å². The first kappa shape index (κ1) is 25.6. The molecule has 0 atom stereocenters. The molecule has 0 unspecified atom stereocenters. The van der Waals surface area contributed by atoms with Gasteiger partial charge in [-0.3, -0.25) is 5.32 Å². The van der Waals surface area contributed by atoms with E-state index >= 15 is 0 Å². The van der Waals surface area contributed by atoms with Crippen molar-refractivity contribution in [1.82, 2.24) is 10.3 Å². The zero-order valence-electron chi connectivity index (χ0n) is 19.4. The SMILES string of the molecule is O=C(NC[P+](c1ccccc1)(c1ccccc1)c1ccccc1)Nc1nc(-c2ccccc2)cs1.[Cl-]. The molecule has 0 saturated heterocycles. The van der Waals surface area contributed by atoms with Crippen LogP contribution >= 0.6 is 18.6 Å². The Balaban J connectivity index is 0.00000304. The smallest absolute Gasteiger partial charge is 0.323 e. The number of aromatic nitrogens is 1. The molecule has 0 aliphatic heterocycles. The minimum absolute atomic E-state index is 0. The normalized spacial score (nSPS) is 10.8. The molecule has 5 rings (SSSR count). The molecule has 5 aromatic rings. The molecular formula is C29H25ClN3OPS. The van der Waals surface area contributed by atoms with Gasteiger partial charge in [0.2, 0.25) is 0 Å². The molecule has 0 bridgehead atoms. The third kappa shape index (κ3) is 5.50. The van der Waals surface area contributed by atoms with Crippen LogP contribution in [0.15, 0.2) is 127 Å². The van der Waals surface area contributed by atoms with Crippen molar-refractivity contribution in [3.8, 4) is 11.3 Å². The molecule has 2 N–H and O–H groups in total. The molecule has 180 valence electrons. The Morgan fingerprint density at radius 1 is 0.694 bits per heavy atom. The van der Waals surface area contributed by atoms with Crippen molar-refractivity contribution in [3.05, 3.63) is 127 Å². The Morgan fingerprint density at radius 3 is 1.61 bits per heavy atom. The molecule has 4 aromatic carbocycles. The number of amides is 2. The van der Waals surface area contributed by atoms with E-state index in [4.69, 9.17) is 0 Å². The van der Waals surface area contributed by atoms with E-state index < -0.39 is 7.26 Å². The van der Waals surface area contributed by atoms with Crippen molar-refractivity contribution < 1.29 is 17.2 Å². The molecule has 36 heavy (non-hydrogen) atoms. The summed E-state index contributed by atoms with van der Waals surface area (Å²) in [6.07, 6.45) is 0.494. The summed E-state index contributed by atoms with van der Waals surface area (Å²) in [5.41, 5.74) is 1.88. The van der Waals surface area contributed by atoms with Gasteiger partial charge in [0.25, 0.3) is 0 Å². The maximum Gasteiger partial charge on any atom is 0.323 e. The van der Waals surface area contributed by atoms with E-state index in [1.165, 1.54) is 27.3 Å². The monoisotopic (exact) mass is 529 g/mol. The lowest BCUT2D eigenvalue weighted by Crippen LogP contribution is -3.00. The third-order valence-electron chi connectivity index (χ3n) is 5.86. The predicted molar refractivity (Wildman–Crippen MR) is 150 cm³/mol. The Labute approximate surface area is 222 Å². The molecule has 0 spiro atoms. The van der Waals surface area contributed by atoms with Gasteiger partial charge >= 0.3 is 6.03 Å². The van der Waals surface area contributed by atoms with Crippen molar-refractivity contribution in [1.29, 1.82) is 0 Å². The lowest BCUT2D eigenvalue weighted by Gasteiger charge is -2.27. The second-order valence-electron chi connectivity index (χ2n) is 8.01. The summed E-state index contributed by atoms with van der Waals surface area (Å²) in [7, 11) is -2.14. The van der Waals surface area contributed by atoms with Gasteiger partial charge in [0.1, 0.15) is 29.5 Å². The lowest BCUT2D eigenvalue weighted by atomic mass is 10.2. The summed E-state index contributed by atoms with van der Waals surface area (Å²) in [6.45, 7) is 0. The summed E-state index contributed by atoms with van der Waals surface area (Å²) in [5, 5.41) is 12.3. The lowest BCUT2D eigenvalue weighted by molar-refractivity contribution is -0.00000982. The molecule has 1 heterocycles. The van der Waals surface area contributed by atoms with Gasteiger partial charge < -0.3 is 17.7 Å². The highest BCUT2D eigenvalue weighted by Crippen LogP contribution is 2.54. The molecule has 0 saturated carbocycles. The first-order valence-electron chi connectivity index (χ1n) is 11.4. The minimum Gasteiger partial charge on any atom is -1.00 e. The van der Waals surface area contributed by atoms with Crippen LogP contribution in [0.3, 0.4) is 0 Å². The van der Waals surface area contributed by atoms with Crippen LogP contribution in [0.2, 0.25) is 0 Å². The first-order chi connectivity index (χ1) is 17.3. The van der Waals surface area contributed by atoms with E-state index in [1.807, 2.05) is 53.9 Å². The fraction of sp³-hybridized carbons (Fsp3) is 0.0345. The molecule has 7 heteroatoms. The van der Waals surface area contributed by atoms with Crippen LogP contribution in [0.25, 0.3) is 11.3 Å². The Bertz CT molecular complexity index is 1290. The number of nitrogens with zero attached hydrogens (tertiary/aromatic N) is 1. The molecule has 1 aromatic heterocycles. The van der Waals surface area contributed by atoms with Gasteiger partial charge in [-0.05, 0) is 36.4 Å². The molecule has 0 aliphatic carbocycles. The van der Waals surface area contributed by atoms with Crippen molar-refractivity contribution in [2.45, 2.75) is 0 Å². The molecule has 0 radical (unpaired) electrons. The number of hydrogen-bond acceptors (Lipinski definition) is 3. The largest absolute Gasteiger partial charge is 1.00 e. The van der Waals surface area contributed by atoms with E-state index in [9.17, 15) is 4.79 Å². The van der Waals surface area contributed by atoms with Crippen LogP contribution in [0.1, 0.15) is 0 Å². The number of benzene rings is 4. The van der Waals surface area contributed by atoms with Crippen molar-refractivity contribution in [2.24, 2.45) is 0 Å². The highest BCUT2D eigenvalue weighted by molar-refractivity contribution is 7.95. The number of carbonyl (C=O) groups is 1. The van der Waals surface area contributed by atoms with Gasteiger partial charge in [-0.15, -0.1) is 11.3 Å². The van der Waals surface area contributed by atoms with E-state index in [-0.39, 0.29) is 18.4 Å². The van der Waals surface area contributed by atoms with Crippen LogP contribution in [-0.4, -0.2) is 17.3 Å². The van der Waals surface area contributed by atoms with Gasteiger partial charge in [-0.1, -0.05) is 84.9 Å². The van der Waals surface area contributed by atoms with Crippen LogP contribution in [0, 0.1) is 0 Å². The van der Waals surface area contributed by atoms with E-state index in [0.29, 0.717) is 11.4 Å². The quantitative estimate of drug-likeness (QED) is 0.319. The summed E-state index contributed by atoms with van der Waals surface area (Å²) in [6, 6.07) is 41.2. The van der Waals surface area contributed by atoms with Gasteiger partial charge in [-0.2, -0.15) is 0 Å². The van der Waals surface area contributed by atoms with Gasteiger partial charge in [0, 0.05) is 10.9 Å². The molecule has 2 amide bonds. The summed E-state index contributed by atoms with van der Waals surface area (Å²) in [5.74, 6) is 0. The van der Waals surface area contributed by atoms with Crippen molar-refractivity contribution in [2.75, 3.05) is 11.6 Å². The van der Waals surface area contributed by atoms with Gasteiger partial charge in [-0.25, -0.2) is 9.78 Å². The zero-order chi connectivity index (χ0) is 23.9. The highest BCUT2D eigenvalue weighted by atomic mass is 35.5. The number of halogens is 1. The van der Waals surface area contributed by atoms with E-state index in [0.717, 1.165) is 11.3 Å². The maximum atomic E-state index is 13.1. The second-order valence-corrected chi connectivity index (χ2v) is 12.4. The summed E-state index contributed by atoms with van der Waals surface area (Å²) in [4.78, 5) is 17.7. The number of hydrogen-bond donors (Lipinski definition) is 2. The summed E-state index contributed by atoms with van der Waals surface area (Å²) >= 11 is 1.42. The first-order valence-corrected chi connectivity index (χ1v) is 14.2. The fourth-order valence-electron chi connectivity index (χ4n) is 4.17. The molecular weight excluding hydrogens is 505 g/mol. The molecule has 0 aliphatic rings. The van der Waals surface area contributed by atoms with Crippen molar-refractivity contribution >= 4 is 45.7 Å². The summed E-state index contributed by atoms with van der Waals surface area (Å²) < 4.78 is 0. The Hall–Kier alpha value is -3.50.